The maximum Gasteiger partial charge on any atom is 0.303 e. The Balaban J connectivity index is 2.00. The second-order valence-electron chi connectivity index (χ2n) is 6.46. The molecule has 1 aromatic carbocycles. The minimum absolute atomic E-state index is 0.0918. The lowest BCUT2D eigenvalue weighted by atomic mass is 9.92. The lowest BCUT2D eigenvalue weighted by molar-refractivity contribution is -0.136. The summed E-state index contributed by atoms with van der Waals surface area (Å²) in [7, 11) is 0. The molecule has 0 radical (unpaired) electrons. The molecule has 1 amide bonds. The van der Waals surface area contributed by atoms with Crippen molar-refractivity contribution in [1.82, 2.24) is 10.2 Å². The van der Waals surface area contributed by atoms with E-state index in [4.69, 9.17) is 5.11 Å². The van der Waals surface area contributed by atoms with Gasteiger partial charge in [-0.3, -0.25) is 14.7 Å². The number of H-pyrrole nitrogens is 1. The van der Waals surface area contributed by atoms with Gasteiger partial charge in [0.05, 0.1) is 0 Å². The van der Waals surface area contributed by atoms with E-state index < -0.39 is 5.97 Å². The second kappa shape index (κ2) is 6.64. The Bertz CT molecular complexity index is 697. The van der Waals surface area contributed by atoms with Gasteiger partial charge in [0.1, 0.15) is 0 Å². The quantitative estimate of drug-likeness (QED) is 0.790. The largest absolute Gasteiger partial charge is 0.481 e. The predicted molar refractivity (Wildman–Crippen MR) is 87.6 cm³/mol. The summed E-state index contributed by atoms with van der Waals surface area (Å²) in [5.41, 5.74) is 2.70. The zero-order valence-electron chi connectivity index (χ0n) is 13.5. The minimum Gasteiger partial charge on any atom is -0.481 e. The number of carbonyl (C=O) groups is 2. The Labute approximate surface area is 134 Å². The summed E-state index contributed by atoms with van der Waals surface area (Å²) in [6, 6.07) is 8.88. The highest BCUT2D eigenvalue weighted by Gasteiger charge is 2.19. The molecular formula is C17H21N3O3. The summed E-state index contributed by atoms with van der Waals surface area (Å²) >= 11 is 0. The number of nitrogens with one attached hydrogen (secondary N) is 2. The second-order valence-corrected chi connectivity index (χ2v) is 6.46. The van der Waals surface area contributed by atoms with Gasteiger partial charge in [-0.2, -0.15) is 5.10 Å². The van der Waals surface area contributed by atoms with Crippen LogP contribution in [-0.4, -0.2) is 27.2 Å². The van der Waals surface area contributed by atoms with Crippen LogP contribution in [0, 0.1) is 0 Å². The van der Waals surface area contributed by atoms with Gasteiger partial charge in [0.15, 0.2) is 5.69 Å². The summed E-state index contributed by atoms with van der Waals surface area (Å²) < 4.78 is 0. The summed E-state index contributed by atoms with van der Waals surface area (Å²) in [6.07, 6.45) is 0.562. The van der Waals surface area contributed by atoms with E-state index in [9.17, 15) is 9.59 Å². The monoisotopic (exact) mass is 315 g/mol. The van der Waals surface area contributed by atoms with E-state index in [0.29, 0.717) is 17.8 Å². The van der Waals surface area contributed by atoms with Gasteiger partial charge in [0, 0.05) is 23.2 Å². The maximum absolute atomic E-state index is 12.2. The van der Waals surface area contributed by atoms with Crippen molar-refractivity contribution in [3.05, 3.63) is 47.3 Å². The third-order valence-electron chi connectivity index (χ3n) is 3.46. The molecule has 23 heavy (non-hydrogen) atoms. The lowest BCUT2D eigenvalue weighted by Crippen LogP contribution is -2.13. The Morgan fingerprint density at radius 2 is 1.87 bits per heavy atom. The molecule has 0 aliphatic heterocycles. The van der Waals surface area contributed by atoms with Crippen LogP contribution in [0.2, 0.25) is 0 Å². The number of carboxylic acids is 1. The van der Waals surface area contributed by atoms with Crippen LogP contribution in [0.3, 0.4) is 0 Å². The molecule has 0 fully saturated rings. The van der Waals surface area contributed by atoms with E-state index in [-0.39, 0.29) is 17.7 Å². The smallest absolute Gasteiger partial charge is 0.303 e. The van der Waals surface area contributed by atoms with Gasteiger partial charge in [-0.25, -0.2) is 0 Å². The zero-order valence-corrected chi connectivity index (χ0v) is 13.5. The summed E-state index contributed by atoms with van der Waals surface area (Å²) in [4.78, 5) is 22.7. The average molecular weight is 315 g/mol. The Morgan fingerprint density at radius 3 is 2.39 bits per heavy atom. The number of aromatic amines is 1. The fourth-order valence-corrected chi connectivity index (χ4v) is 2.02. The number of nitrogens with zero attached hydrogens (tertiary/aromatic N) is 1. The van der Waals surface area contributed by atoms with Crippen molar-refractivity contribution in [3.63, 3.8) is 0 Å². The highest BCUT2D eigenvalue weighted by atomic mass is 16.4. The normalized spacial score (nSPS) is 11.3. The molecule has 0 spiro atoms. The molecule has 0 aliphatic rings. The first-order chi connectivity index (χ1) is 10.8. The van der Waals surface area contributed by atoms with Crippen molar-refractivity contribution in [3.8, 4) is 0 Å². The van der Waals surface area contributed by atoms with E-state index in [1.54, 1.807) is 18.2 Å². The maximum atomic E-state index is 12.2. The number of aromatic nitrogens is 2. The number of hydrogen-bond acceptors (Lipinski definition) is 3. The molecule has 0 atom stereocenters. The minimum atomic E-state index is -0.824. The molecule has 0 bridgehead atoms. The molecule has 1 aromatic heterocycles. The van der Waals surface area contributed by atoms with E-state index in [0.717, 1.165) is 11.3 Å². The van der Waals surface area contributed by atoms with Gasteiger partial charge in [-0.1, -0.05) is 32.9 Å². The van der Waals surface area contributed by atoms with E-state index in [1.807, 2.05) is 32.9 Å². The van der Waals surface area contributed by atoms with E-state index >= 15 is 0 Å². The first kappa shape index (κ1) is 16.7. The van der Waals surface area contributed by atoms with Crippen molar-refractivity contribution < 1.29 is 14.7 Å². The Morgan fingerprint density at radius 1 is 1.22 bits per heavy atom. The number of anilines is 1. The Hall–Kier alpha value is -2.63. The molecule has 2 rings (SSSR count). The molecule has 0 aliphatic carbocycles. The van der Waals surface area contributed by atoms with Gasteiger partial charge in [-0.05, 0) is 30.2 Å². The molecule has 1 heterocycles. The van der Waals surface area contributed by atoms with Gasteiger partial charge in [-0.15, -0.1) is 0 Å². The number of carbonyl (C=O) groups excluding carboxylic acids is 1. The van der Waals surface area contributed by atoms with Crippen LogP contribution in [0.25, 0.3) is 0 Å². The van der Waals surface area contributed by atoms with Crippen LogP contribution in [0.1, 0.15) is 48.9 Å². The van der Waals surface area contributed by atoms with Gasteiger partial charge >= 0.3 is 5.97 Å². The third-order valence-corrected chi connectivity index (χ3v) is 3.46. The van der Waals surface area contributed by atoms with Gasteiger partial charge in [0.2, 0.25) is 0 Å². The van der Waals surface area contributed by atoms with Crippen LogP contribution in [0.5, 0.6) is 0 Å². The van der Waals surface area contributed by atoms with Crippen molar-refractivity contribution in [2.24, 2.45) is 0 Å². The molecule has 6 heteroatoms. The molecule has 0 saturated heterocycles. The number of rotatable bonds is 5. The topological polar surface area (TPSA) is 95.1 Å². The summed E-state index contributed by atoms with van der Waals surface area (Å²) in [5, 5.41) is 18.4. The van der Waals surface area contributed by atoms with Crippen LogP contribution in [0.4, 0.5) is 5.69 Å². The van der Waals surface area contributed by atoms with Crippen LogP contribution >= 0.6 is 0 Å². The third kappa shape index (κ3) is 4.67. The lowest BCUT2D eigenvalue weighted by Gasteiger charge is -2.14. The molecule has 122 valence electrons. The van der Waals surface area contributed by atoms with Gasteiger partial charge in [0.25, 0.3) is 5.91 Å². The fourth-order valence-electron chi connectivity index (χ4n) is 2.02. The van der Waals surface area contributed by atoms with Crippen LogP contribution in [0.15, 0.2) is 30.3 Å². The summed E-state index contributed by atoms with van der Waals surface area (Å²) in [6.45, 7) is 6.12. The highest BCUT2D eigenvalue weighted by molar-refractivity contribution is 6.02. The SMILES string of the molecule is CC(C)(C)c1cc(C(=O)Nc2ccc(CCC(=O)O)cc2)n[nH]1. The number of carboxylic acid groups (broad SMARTS) is 1. The fraction of sp³-hybridized carbons (Fsp3) is 0.353. The zero-order chi connectivity index (χ0) is 17.0. The van der Waals surface area contributed by atoms with Crippen LogP contribution < -0.4 is 5.32 Å². The number of aliphatic carboxylic acids is 1. The standard InChI is InChI=1S/C17H21N3O3/c1-17(2,3)14-10-13(19-20-14)16(23)18-12-7-4-11(5-8-12)6-9-15(21)22/h4-5,7-8,10H,6,9H2,1-3H3,(H,18,23)(H,19,20)(H,21,22). The number of hydrogen-bond donors (Lipinski definition) is 3. The molecule has 0 saturated carbocycles. The van der Waals surface area contributed by atoms with E-state index in [1.165, 1.54) is 0 Å². The van der Waals surface area contributed by atoms with E-state index in [2.05, 4.69) is 15.5 Å². The highest BCUT2D eigenvalue weighted by Crippen LogP contribution is 2.20. The first-order valence-corrected chi connectivity index (χ1v) is 7.43. The van der Waals surface area contributed by atoms with Crippen LogP contribution in [-0.2, 0) is 16.6 Å². The Kier molecular flexibility index (Phi) is 4.83. The first-order valence-electron chi connectivity index (χ1n) is 7.43. The average Bonchev–Trinajstić information content (AvgIpc) is 2.96. The van der Waals surface area contributed by atoms with Crippen molar-refractivity contribution >= 4 is 17.6 Å². The molecular weight excluding hydrogens is 294 g/mol. The number of amides is 1. The van der Waals surface area contributed by atoms with Gasteiger partial charge < -0.3 is 10.4 Å². The molecule has 6 nitrogen and oxygen atoms in total. The summed E-state index contributed by atoms with van der Waals surface area (Å²) in [5.74, 6) is -1.11. The van der Waals surface area contributed by atoms with Crippen molar-refractivity contribution in [1.29, 1.82) is 0 Å². The predicted octanol–water partition coefficient (Wildman–Crippen LogP) is 2.98. The number of benzene rings is 1. The molecule has 0 unspecified atom stereocenters. The molecule has 2 aromatic rings. The van der Waals surface area contributed by atoms with Crippen molar-refractivity contribution in [2.75, 3.05) is 5.32 Å². The number of aryl methyl sites for hydroxylation is 1. The molecule has 3 N–H and O–H groups in total. The van der Waals surface area contributed by atoms with Crippen molar-refractivity contribution in [2.45, 2.75) is 39.0 Å².